The van der Waals surface area contributed by atoms with Crippen LogP contribution < -0.4 is 16.0 Å². The molecule has 0 saturated carbocycles. The van der Waals surface area contributed by atoms with Gasteiger partial charge in [0.25, 0.3) is 0 Å². The van der Waals surface area contributed by atoms with Gasteiger partial charge in [0, 0.05) is 33.3 Å². The van der Waals surface area contributed by atoms with Crippen molar-refractivity contribution >= 4 is 17.6 Å². The van der Waals surface area contributed by atoms with Gasteiger partial charge in [-0.1, -0.05) is 0 Å². The first-order chi connectivity index (χ1) is 8.71. The Morgan fingerprint density at radius 2 is 2.28 bits per heavy atom. The number of methoxy groups -OCH3 is 1. The minimum absolute atomic E-state index is 0.205. The maximum Gasteiger partial charge on any atom is 0.223 e. The Kier molecular flexibility index (Phi) is 5.67. The summed E-state index contributed by atoms with van der Waals surface area (Å²) < 4.78 is 5.05. The Bertz CT molecular complexity index is 416. The first-order valence-corrected chi connectivity index (χ1v) is 5.64. The number of nitrogens with one attached hydrogen (secondary N) is 1. The zero-order valence-electron chi connectivity index (χ0n) is 10.7. The molecule has 0 aromatic carbocycles. The van der Waals surface area contributed by atoms with Crippen molar-refractivity contribution in [1.29, 1.82) is 5.26 Å². The standard InChI is InChI=1S/C11H18N6O/c1-14-9-8-10(16-11(13)15-9)17(5-3-4-12)6-7-18-2/h8H,3,5-7H2,1-2H3,(H3,13,14,15,16). The van der Waals surface area contributed by atoms with E-state index in [2.05, 4.69) is 21.4 Å². The molecule has 98 valence electrons. The summed E-state index contributed by atoms with van der Waals surface area (Å²) in [6.07, 6.45) is 0.419. The van der Waals surface area contributed by atoms with Gasteiger partial charge in [0.1, 0.15) is 11.6 Å². The molecular formula is C11H18N6O. The van der Waals surface area contributed by atoms with Crippen molar-refractivity contribution in [2.75, 3.05) is 49.8 Å². The van der Waals surface area contributed by atoms with Gasteiger partial charge in [0.05, 0.1) is 19.1 Å². The van der Waals surface area contributed by atoms with Gasteiger partial charge in [-0.25, -0.2) is 0 Å². The lowest BCUT2D eigenvalue weighted by Crippen LogP contribution is -2.29. The number of nitrogens with two attached hydrogens (primary N) is 1. The van der Waals surface area contributed by atoms with Crippen LogP contribution in [0.4, 0.5) is 17.6 Å². The molecule has 0 radical (unpaired) electrons. The number of nitriles is 1. The molecule has 1 aromatic rings. The van der Waals surface area contributed by atoms with E-state index in [1.807, 2.05) is 4.90 Å². The van der Waals surface area contributed by atoms with Gasteiger partial charge in [-0.2, -0.15) is 15.2 Å². The molecule has 0 saturated heterocycles. The smallest absolute Gasteiger partial charge is 0.223 e. The lowest BCUT2D eigenvalue weighted by molar-refractivity contribution is 0.205. The minimum atomic E-state index is 0.205. The fraction of sp³-hybridized carbons (Fsp3) is 0.545. The summed E-state index contributed by atoms with van der Waals surface area (Å²) in [4.78, 5) is 10.2. The van der Waals surface area contributed by atoms with E-state index >= 15 is 0 Å². The second-order valence-electron chi connectivity index (χ2n) is 3.61. The number of nitrogens with zero attached hydrogens (tertiary/aromatic N) is 4. The molecule has 7 nitrogen and oxygen atoms in total. The fourth-order valence-electron chi connectivity index (χ4n) is 1.47. The van der Waals surface area contributed by atoms with E-state index in [1.54, 1.807) is 20.2 Å². The summed E-state index contributed by atoms with van der Waals surface area (Å²) in [5.74, 6) is 1.55. The van der Waals surface area contributed by atoms with Gasteiger partial charge in [-0.15, -0.1) is 0 Å². The number of hydrogen-bond donors (Lipinski definition) is 2. The summed E-state index contributed by atoms with van der Waals surface area (Å²) >= 11 is 0. The summed E-state index contributed by atoms with van der Waals surface area (Å²) in [7, 11) is 3.40. The summed E-state index contributed by atoms with van der Waals surface area (Å²) in [6.45, 7) is 1.79. The van der Waals surface area contributed by atoms with Crippen molar-refractivity contribution in [3.8, 4) is 6.07 Å². The zero-order chi connectivity index (χ0) is 13.4. The third-order valence-corrected chi connectivity index (χ3v) is 2.37. The average Bonchev–Trinajstić information content (AvgIpc) is 2.38. The molecule has 0 fully saturated rings. The van der Waals surface area contributed by atoms with Crippen molar-refractivity contribution in [1.82, 2.24) is 9.97 Å². The van der Waals surface area contributed by atoms with Crippen LogP contribution in [0.1, 0.15) is 6.42 Å². The first kappa shape index (κ1) is 14.0. The normalized spacial score (nSPS) is 9.83. The number of ether oxygens (including phenoxy) is 1. The highest BCUT2D eigenvalue weighted by atomic mass is 16.5. The predicted octanol–water partition coefficient (Wildman–Crippen LogP) is 0.467. The van der Waals surface area contributed by atoms with Gasteiger partial charge in [-0.3, -0.25) is 0 Å². The lowest BCUT2D eigenvalue weighted by Gasteiger charge is -2.22. The van der Waals surface area contributed by atoms with Crippen LogP contribution in [0.25, 0.3) is 0 Å². The van der Waals surface area contributed by atoms with Crippen LogP contribution in [-0.2, 0) is 4.74 Å². The molecule has 7 heteroatoms. The summed E-state index contributed by atoms with van der Waals surface area (Å²) in [5, 5.41) is 11.6. The van der Waals surface area contributed by atoms with Gasteiger partial charge < -0.3 is 20.7 Å². The molecule has 0 amide bonds. The van der Waals surface area contributed by atoms with Crippen LogP contribution in [0.3, 0.4) is 0 Å². The molecule has 0 aliphatic rings. The fourth-order valence-corrected chi connectivity index (χ4v) is 1.47. The molecule has 0 bridgehead atoms. The van der Waals surface area contributed by atoms with E-state index in [9.17, 15) is 0 Å². The number of hydrogen-bond acceptors (Lipinski definition) is 7. The largest absolute Gasteiger partial charge is 0.383 e. The van der Waals surface area contributed by atoms with Crippen LogP contribution in [-0.4, -0.2) is 43.8 Å². The molecule has 0 unspecified atom stereocenters. The van der Waals surface area contributed by atoms with E-state index in [4.69, 9.17) is 15.7 Å². The Hall–Kier alpha value is -2.07. The second kappa shape index (κ2) is 7.29. The number of aromatic nitrogens is 2. The van der Waals surface area contributed by atoms with Crippen molar-refractivity contribution in [2.45, 2.75) is 6.42 Å². The van der Waals surface area contributed by atoms with E-state index in [0.717, 1.165) is 0 Å². The highest BCUT2D eigenvalue weighted by Gasteiger charge is 2.10. The van der Waals surface area contributed by atoms with Crippen molar-refractivity contribution in [3.05, 3.63) is 6.07 Å². The zero-order valence-corrected chi connectivity index (χ0v) is 10.7. The third kappa shape index (κ3) is 4.07. The molecule has 0 atom stereocenters. The minimum Gasteiger partial charge on any atom is -0.383 e. The Morgan fingerprint density at radius 3 is 2.89 bits per heavy atom. The van der Waals surface area contributed by atoms with Crippen molar-refractivity contribution in [3.63, 3.8) is 0 Å². The van der Waals surface area contributed by atoms with Crippen LogP contribution in [0, 0.1) is 11.3 Å². The molecule has 18 heavy (non-hydrogen) atoms. The van der Waals surface area contributed by atoms with E-state index in [0.29, 0.717) is 37.8 Å². The first-order valence-electron chi connectivity index (χ1n) is 5.64. The Labute approximate surface area is 107 Å². The van der Waals surface area contributed by atoms with Crippen LogP contribution >= 0.6 is 0 Å². The highest BCUT2D eigenvalue weighted by Crippen LogP contribution is 2.16. The van der Waals surface area contributed by atoms with Crippen LogP contribution in [0.5, 0.6) is 0 Å². The molecule has 0 aliphatic carbocycles. The van der Waals surface area contributed by atoms with E-state index in [1.165, 1.54) is 0 Å². The Balaban J connectivity index is 2.88. The van der Waals surface area contributed by atoms with Crippen molar-refractivity contribution < 1.29 is 4.74 Å². The average molecular weight is 250 g/mol. The van der Waals surface area contributed by atoms with Crippen LogP contribution in [0.2, 0.25) is 0 Å². The SMILES string of the molecule is CNc1cc(N(CCC#N)CCOC)nc(N)n1. The molecule has 0 spiro atoms. The number of nitrogen functional groups attached to an aromatic ring is 1. The topological polar surface area (TPSA) is 100 Å². The maximum atomic E-state index is 8.67. The Morgan fingerprint density at radius 1 is 1.50 bits per heavy atom. The maximum absolute atomic E-state index is 8.67. The molecule has 1 aromatic heterocycles. The van der Waals surface area contributed by atoms with E-state index < -0.39 is 0 Å². The van der Waals surface area contributed by atoms with Crippen molar-refractivity contribution in [2.24, 2.45) is 0 Å². The monoisotopic (exact) mass is 250 g/mol. The molecule has 1 heterocycles. The van der Waals surface area contributed by atoms with Gasteiger partial charge in [0.15, 0.2) is 0 Å². The lowest BCUT2D eigenvalue weighted by atomic mass is 10.3. The third-order valence-electron chi connectivity index (χ3n) is 2.37. The van der Waals surface area contributed by atoms with Crippen LogP contribution in [0.15, 0.2) is 6.07 Å². The summed E-state index contributed by atoms with van der Waals surface area (Å²) in [6, 6.07) is 3.91. The van der Waals surface area contributed by atoms with Gasteiger partial charge in [-0.05, 0) is 0 Å². The molecule has 0 aliphatic heterocycles. The highest BCUT2D eigenvalue weighted by molar-refractivity contribution is 5.52. The molecule has 3 N–H and O–H groups in total. The second-order valence-corrected chi connectivity index (χ2v) is 3.61. The number of rotatable bonds is 7. The quantitative estimate of drug-likeness (QED) is 0.725. The van der Waals surface area contributed by atoms with Gasteiger partial charge >= 0.3 is 0 Å². The van der Waals surface area contributed by atoms with E-state index in [-0.39, 0.29) is 5.95 Å². The van der Waals surface area contributed by atoms with Gasteiger partial charge in [0.2, 0.25) is 5.95 Å². The predicted molar refractivity (Wildman–Crippen MR) is 70.3 cm³/mol. The number of anilines is 3. The molecule has 1 rings (SSSR count). The summed E-state index contributed by atoms with van der Waals surface area (Å²) in [5.41, 5.74) is 5.64. The molecular weight excluding hydrogens is 232 g/mol.